The maximum Gasteiger partial charge on any atom is 0.232 e. The number of rotatable bonds is 6. The van der Waals surface area contributed by atoms with Gasteiger partial charge in [0.05, 0.1) is 5.92 Å². The average Bonchev–Trinajstić information content (AvgIpc) is 3.35. The highest BCUT2D eigenvalue weighted by atomic mass is 35.5. The zero-order chi connectivity index (χ0) is 19.5. The standard InChI is InChI=1S/C22H22ClN3O2/c1-2-15-3-7-17(8-4-15)21-24-22(28-25-21)18-13-20(27)26(14-18)12-11-16-5-9-19(23)10-6-16/h3-10,18H,2,11-14H2,1H3. The second kappa shape index (κ2) is 8.15. The molecule has 28 heavy (non-hydrogen) atoms. The molecule has 1 aliphatic heterocycles. The number of hydrogen-bond acceptors (Lipinski definition) is 4. The van der Waals surface area contributed by atoms with Crippen molar-refractivity contribution < 1.29 is 9.32 Å². The molecule has 1 aromatic heterocycles. The molecule has 0 N–H and O–H groups in total. The van der Waals surface area contributed by atoms with E-state index in [2.05, 4.69) is 29.2 Å². The Hall–Kier alpha value is -2.66. The van der Waals surface area contributed by atoms with E-state index in [9.17, 15) is 4.79 Å². The summed E-state index contributed by atoms with van der Waals surface area (Å²) in [4.78, 5) is 18.8. The molecule has 2 heterocycles. The van der Waals surface area contributed by atoms with Crippen LogP contribution in [-0.2, 0) is 17.6 Å². The number of benzene rings is 2. The number of nitrogens with zero attached hydrogens (tertiary/aromatic N) is 3. The van der Waals surface area contributed by atoms with Crippen LogP contribution in [0.4, 0.5) is 0 Å². The minimum atomic E-state index is -0.0473. The summed E-state index contributed by atoms with van der Waals surface area (Å²) in [7, 11) is 0. The van der Waals surface area contributed by atoms with Crippen molar-refractivity contribution in [1.29, 1.82) is 0 Å². The quantitative estimate of drug-likeness (QED) is 0.616. The minimum Gasteiger partial charge on any atom is -0.342 e. The summed E-state index contributed by atoms with van der Waals surface area (Å²) in [6, 6.07) is 15.9. The van der Waals surface area contributed by atoms with Crippen molar-refractivity contribution in [2.45, 2.75) is 32.1 Å². The van der Waals surface area contributed by atoms with Crippen LogP contribution >= 0.6 is 11.6 Å². The van der Waals surface area contributed by atoms with Crippen molar-refractivity contribution in [3.05, 3.63) is 70.6 Å². The van der Waals surface area contributed by atoms with Gasteiger partial charge in [0.25, 0.3) is 0 Å². The van der Waals surface area contributed by atoms with Crippen LogP contribution in [-0.4, -0.2) is 34.0 Å². The summed E-state index contributed by atoms with van der Waals surface area (Å²) >= 11 is 5.92. The number of hydrogen-bond donors (Lipinski definition) is 0. The van der Waals surface area contributed by atoms with Gasteiger partial charge in [0.1, 0.15) is 0 Å². The number of carbonyl (C=O) groups excluding carboxylic acids is 1. The Morgan fingerprint density at radius 3 is 2.54 bits per heavy atom. The molecule has 0 aliphatic carbocycles. The molecule has 0 saturated carbocycles. The van der Waals surface area contributed by atoms with Crippen LogP contribution in [0, 0.1) is 0 Å². The van der Waals surface area contributed by atoms with Crippen molar-refractivity contribution >= 4 is 17.5 Å². The van der Waals surface area contributed by atoms with E-state index in [1.54, 1.807) is 0 Å². The summed E-state index contributed by atoms with van der Waals surface area (Å²) in [5.74, 6) is 1.20. The van der Waals surface area contributed by atoms with Gasteiger partial charge >= 0.3 is 0 Å². The van der Waals surface area contributed by atoms with E-state index >= 15 is 0 Å². The molecule has 5 nitrogen and oxygen atoms in total. The van der Waals surface area contributed by atoms with Crippen molar-refractivity contribution in [3.8, 4) is 11.4 Å². The lowest BCUT2D eigenvalue weighted by Crippen LogP contribution is -2.27. The third-order valence-corrected chi connectivity index (χ3v) is 5.46. The lowest BCUT2D eigenvalue weighted by Gasteiger charge is -2.15. The van der Waals surface area contributed by atoms with Crippen molar-refractivity contribution in [2.75, 3.05) is 13.1 Å². The lowest BCUT2D eigenvalue weighted by molar-refractivity contribution is -0.127. The van der Waals surface area contributed by atoms with Gasteiger partial charge in [0, 0.05) is 30.1 Å². The zero-order valence-corrected chi connectivity index (χ0v) is 16.5. The van der Waals surface area contributed by atoms with Crippen LogP contribution < -0.4 is 0 Å². The van der Waals surface area contributed by atoms with E-state index in [0.29, 0.717) is 31.2 Å². The fraction of sp³-hybridized carbons (Fsp3) is 0.318. The third-order valence-electron chi connectivity index (χ3n) is 5.21. The number of aromatic nitrogens is 2. The van der Waals surface area contributed by atoms with E-state index in [1.807, 2.05) is 41.3 Å². The van der Waals surface area contributed by atoms with E-state index < -0.39 is 0 Å². The van der Waals surface area contributed by atoms with E-state index in [4.69, 9.17) is 16.1 Å². The Kier molecular flexibility index (Phi) is 5.44. The topological polar surface area (TPSA) is 59.2 Å². The molecule has 0 bridgehead atoms. The Morgan fingerprint density at radius 2 is 1.82 bits per heavy atom. The van der Waals surface area contributed by atoms with Crippen molar-refractivity contribution in [2.24, 2.45) is 0 Å². The minimum absolute atomic E-state index is 0.0473. The molecule has 0 radical (unpaired) electrons. The molecule has 1 unspecified atom stereocenters. The molecule has 144 valence electrons. The Labute approximate surface area is 169 Å². The highest BCUT2D eigenvalue weighted by molar-refractivity contribution is 6.30. The van der Waals surface area contributed by atoms with Crippen LogP contribution in [0.5, 0.6) is 0 Å². The summed E-state index contributed by atoms with van der Waals surface area (Å²) < 4.78 is 5.48. The van der Waals surface area contributed by atoms with Crippen molar-refractivity contribution in [3.63, 3.8) is 0 Å². The summed E-state index contributed by atoms with van der Waals surface area (Å²) in [6.07, 6.45) is 2.21. The first kappa shape index (κ1) is 18.7. The molecule has 1 saturated heterocycles. The SMILES string of the molecule is CCc1ccc(-c2noc(C3CC(=O)N(CCc4ccc(Cl)cc4)C3)n2)cc1. The maximum atomic E-state index is 12.4. The van der Waals surface area contributed by atoms with Crippen LogP contribution in [0.2, 0.25) is 5.02 Å². The molecule has 2 aromatic carbocycles. The first-order valence-corrected chi connectivity index (χ1v) is 9.95. The molecule has 1 amide bonds. The summed E-state index contributed by atoms with van der Waals surface area (Å²) in [5.41, 5.74) is 3.36. The molecule has 1 aliphatic rings. The van der Waals surface area contributed by atoms with Gasteiger partial charge in [-0.1, -0.05) is 60.1 Å². The van der Waals surface area contributed by atoms with Gasteiger partial charge in [0.15, 0.2) is 0 Å². The fourth-order valence-corrected chi connectivity index (χ4v) is 3.60. The smallest absolute Gasteiger partial charge is 0.232 e. The number of halogens is 1. The largest absolute Gasteiger partial charge is 0.342 e. The van der Waals surface area contributed by atoms with Gasteiger partial charge in [-0.25, -0.2) is 0 Å². The predicted octanol–water partition coefficient (Wildman–Crippen LogP) is 4.51. The molecule has 1 atom stereocenters. The van der Waals surface area contributed by atoms with Gasteiger partial charge in [-0.3, -0.25) is 4.79 Å². The molecule has 3 aromatic rings. The zero-order valence-electron chi connectivity index (χ0n) is 15.8. The Bertz CT molecular complexity index is 951. The number of aryl methyl sites for hydroxylation is 1. The predicted molar refractivity (Wildman–Crippen MR) is 108 cm³/mol. The second-order valence-corrected chi connectivity index (χ2v) is 7.56. The van der Waals surface area contributed by atoms with Gasteiger partial charge in [-0.05, 0) is 36.1 Å². The Balaban J connectivity index is 1.39. The molecule has 4 rings (SSSR count). The summed E-state index contributed by atoms with van der Waals surface area (Å²) in [6.45, 7) is 3.41. The number of amides is 1. The lowest BCUT2D eigenvalue weighted by atomic mass is 10.1. The van der Waals surface area contributed by atoms with Crippen LogP contribution in [0.25, 0.3) is 11.4 Å². The number of likely N-dealkylation sites (tertiary alicyclic amines) is 1. The Morgan fingerprint density at radius 1 is 1.11 bits per heavy atom. The molecular weight excluding hydrogens is 374 g/mol. The second-order valence-electron chi connectivity index (χ2n) is 7.12. The van der Waals surface area contributed by atoms with E-state index in [1.165, 1.54) is 5.56 Å². The van der Waals surface area contributed by atoms with Crippen LogP contribution in [0.3, 0.4) is 0 Å². The average molecular weight is 396 g/mol. The van der Waals surface area contributed by atoms with Gasteiger partial charge in [-0.2, -0.15) is 4.98 Å². The molecule has 6 heteroatoms. The molecule has 1 fully saturated rings. The molecular formula is C22H22ClN3O2. The molecule has 0 spiro atoms. The first-order chi connectivity index (χ1) is 13.6. The number of carbonyl (C=O) groups is 1. The van der Waals surface area contributed by atoms with Gasteiger partial charge in [0.2, 0.25) is 17.6 Å². The van der Waals surface area contributed by atoms with E-state index in [0.717, 1.165) is 29.0 Å². The fourth-order valence-electron chi connectivity index (χ4n) is 3.48. The highest BCUT2D eigenvalue weighted by Gasteiger charge is 2.34. The maximum absolute atomic E-state index is 12.4. The van der Waals surface area contributed by atoms with E-state index in [-0.39, 0.29) is 11.8 Å². The monoisotopic (exact) mass is 395 g/mol. The van der Waals surface area contributed by atoms with Crippen LogP contribution in [0.1, 0.15) is 36.3 Å². The summed E-state index contributed by atoms with van der Waals surface area (Å²) in [5, 5.41) is 4.83. The van der Waals surface area contributed by atoms with Crippen molar-refractivity contribution in [1.82, 2.24) is 15.0 Å². The third kappa shape index (κ3) is 4.09. The van der Waals surface area contributed by atoms with Crippen LogP contribution in [0.15, 0.2) is 53.1 Å². The van der Waals surface area contributed by atoms with Gasteiger partial charge in [-0.15, -0.1) is 0 Å². The van der Waals surface area contributed by atoms with Gasteiger partial charge < -0.3 is 9.42 Å². The first-order valence-electron chi connectivity index (χ1n) is 9.57. The normalized spacial score (nSPS) is 16.7. The highest BCUT2D eigenvalue weighted by Crippen LogP contribution is 2.29.